The summed E-state index contributed by atoms with van der Waals surface area (Å²) in [4.78, 5) is 0. The first-order chi connectivity index (χ1) is 11.0. The quantitative estimate of drug-likeness (QED) is 0.796. The Morgan fingerprint density at radius 2 is 2.09 bits per heavy atom. The number of tetrazole rings is 1. The Morgan fingerprint density at radius 1 is 1.30 bits per heavy atom. The molecule has 0 saturated carbocycles. The Balaban J connectivity index is 2.15. The van der Waals surface area contributed by atoms with Gasteiger partial charge in [0.25, 0.3) is 0 Å². The summed E-state index contributed by atoms with van der Waals surface area (Å²) in [5, 5.41) is 15.4. The third-order valence-corrected chi connectivity index (χ3v) is 3.45. The van der Waals surface area contributed by atoms with Crippen LogP contribution < -0.4 is 14.8 Å². The molecule has 0 aliphatic rings. The Labute approximate surface area is 140 Å². The van der Waals surface area contributed by atoms with Gasteiger partial charge in [0.05, 0.1) is 13.2 Å². The predicted molar refractivity (Wildman–Crippen MR) is 89.2 cm³/mol. The molecule has 0 unspecified atom stereocenters. The van der Waals surface area contributed by atoms with Gasteiger partial charge in [0.1, 0.15) is 0 Å². The number of benzene rings is 1. The number of halogens is 1. The zero-order chi connectivity index (χ0) is 16.8. The standard InChI is InChI=1S/C15H22ClN5O2/c1-5-6-21-15(18-19-20-21)17-9-11-7-13(22-4)14(8-12(11)16)23-10(2)3/h7-8,10H,5-6,9H2,1-4H3,(H,17,18,20). The first-order valence-corrected chi connectivity index (χ1v) is 7.96. The lowest BCUT2D eigenvalue weighted by Crippen LogP contribution is -2.10. The van der Waals surface area contributed by atoms with E-state index in [0.717, 1.165) is 18.5 Å². The van der Waals surface area contributed by atoms with Gasteiger partial charge in [-0.2, -0.15) is 0 Å². The third-order valence-electron chi connectivity index (χ3n) is 3.10. The SMILES string of the molecule is CCCn1nnnc1NCc1cc(OC)c(OC(C)C)cc1Cl. The first-order valence-electron chi connectivity index (χ1n) is 7.58. The van der Waals surface area contributed by atoms with Gasteiger partial charge in [-0.05, 0) is 42.3 Å². The van der Waals surface area contributed by atoms with E-state index in [-0.39, 0.29) is 6.10 Å². The summed E-state index contributed by atoms with van der Waals surface area (Å²) in [5.41, 5.74) is 0.880. The molecule has 2 aromatic rings. The van der Waals surface area contributed by atoms with Gasteiger partial charge < -0.3 is 14.8 Å². The molecule has 1 heterocycles. The van der Waals surface area contributed by atoms with Crippen LogP contribution in [0.3, 0.4) is 0 Å². The molecule has 0 spiro atoms. The second-order valence-corrected chi connectivity index (χ2v) is 5.75. The van der Waals surface area contributed by atoms with Crippen molar-refractivity contribution < 1.29 is 9.47 Å². The minimum absolute atomic E-state index is 0.0441. The van der Waals surface area contributed by atoms with Crippen molar-refractivity contribution in [2.24, 2.45) is 0 Å². The zero-order valence-electron chi connectivity index (χ0n) is 13.8. The summed E-state index contributed by atoms with van der Waals surface area (Å²) in [7, 11) is 1.61. The van der Waals surface area contributed by atoms with Crippen LogP contribution in [-0.2, 0) is 13.1 Å². The Bertz CT molecular complexity index is 645. The molecule has 1 N–H and O–H groups in total. The lowest BCUT2D eigenvalue weighted by molar-refractivity contribution is 0.230. The number of rotatable bonds is 8. The van der Waals surface area contributed by atoms with E-state index < -0.39 is 0 Å². The van der Waals surface area contributed by atoms with E-state index in [1.165, 1.54) is 0 Å². The molecular formula is C15H22ClN5O2. The number of methoxy groups -OCH3 is 1. The predicted octanol–water partition coefficient (Wildman–Crippen LogP) is 3.14. The monoisotopic (exact) mass is 339 g/mol. The van der Waals surface area contributed by atoms with Gasteiger partial charge in [0, 0.05) is 24.2 Å². The molecule has 1 aromatic heterocycles. The molecule has 0 bridgehead atoms. The molecule has 2 rings (SSSR count). The van der Waals surface area contributed by atoms with E-state index >= 15 is 0 Å². The Hall–Kier alpha value is -2.02. The first kappa shape index (κ1) is 17.3. The van der Waals surface area contributed by atoms with Gasteiger partial charge in [0.15, 0.2) is 11.5 Å². The highest BCUT2D eigenvalue weighted by molar-refractivity contribution is 6.31. The summed E-state index contributed by atoms with van der Waals surface area (Å²) in [6.45, 7) is 7.22. The van der Waals surface area contributed by atoms with Crippen LogP contribution >= 0.6 is 11.6 Å². The molecule has 0 saturated heterocycles. The number of ether oxygens (including phenoxy) is 2. The van der Waals surface area contributed by atoms with Crippen molar-refractivity contribution in [2.75, 3.05) is 12.4 Å². The van der Waals surface area contributed by atoms with Gasteiger partial charge in [-0.15, -0.1) is 0 Å². The Morgan fingerprint density at radius 3 is 2.74 bits per heavy atom. The fourth-order valence-corrected chi connectivity index (χ4v) is 2.31. The molecule has 0 aliphatic heterocycles. The van der Waals surface area contributed by atoms with Crippen molar-refractivity contribution in [1.29, 1.82) is 0 Å². The van der Waals surface area contributed by atoms with E-state index in [9.17, 15) is 0 Å². The second kappa shape index (κ2) is 8.01. The maximum Gasteiger partial charge on any atom is 0.243 e. The second-order valence-electron chi connectivity index (χ2n) is 5.34. The maximum atomic E-state index is 6.35. The molecule has 0 aliphatic carbocycles. The molecule has 126 valence electrons. The van der Waals surface area contributed by atoms with Crippen LogP contribution in [0.15, 0.2) is 12.1 Å². The number of aromatic nitrogens is 4. The minimum Gasteiger partial charge on any atom is -0.493 e. The van der Waals surface area contributed by atoms with E-state index in [2.05, 4.69) is 27.8 Å². The number of hydrogen-bond acceptors (Lipinski definition) is 6. The van der Waals surface area contributed by atoms with Crippen molar-refractivity contribution in [1.82, 2.24) is 20.2 Å². The van der Waals surface area contributed by atoms with E-state index in [0.29, 0.717) is 29.0 Å². The zero-order valence-corrected chi connectivity index (χ0v) is 14.6. The van der Waals surface area contributed by atoms with Crippen molar-refractivity contribution in [2.45, 2.75) is 46.4 Å². The molecule has 7 nitrogen and oxygen atoms in total. The topological polar surface area (TPSA) is 74.1 Å². The van der Waals surface area contributed by atoms with Gasteiger partial charge in [-0.25, -0.2) is 4.68 Å². The van der Waals surface area contributed by atoms with Crippen LogP contribution in [0.1, 0.15) is 32.8 Å². The summed E-state index contributed by atoms with van der Waals surface area (Å²) >= 11 is 6.35. The average molecular weight is 340 g/mol. The fourth-order valence-electron chi connectivity index (χ4n) is 2.09. The number of aryl methyl sites for hydroxylation is 1. The van der Waals surface area contributed by atoms with E-state index in [1.54, 1.807) is 17.9 Å². The molecule has 23 heavy (non-hydrogen) atoms. The normalized spacial score (nSPS) is 10.9. The summed E-state index contributed by atoms with van der Waals surface area (Å²) in [6, 6.07) is 3.63. The number of nitrogens with one attached hydrogen (secondary N) is 1. The minimum atomic E-state index is 0.0441. The maximum absolute atomic E-state index is 6.35. The highest BCUT2D eigenvalue weighted by atomic mass is 35.5. The van der Waals surface area contributed by atoms with Crippen molar-refractivity contribution >= 4 is 17.5 Å². The van der Waals surface area contributed by atoms with Crippen molar-refractivity contribution in [3.63, 3.8) is 0 Å². The van der Waals surface area contributed by atoms with Crippen LogP contribution in [-0.4, -0.2) is 33.4 Å². The Kier molecular flexibility index (Phi) is 6.04. The van der Waals surface area contributed by atoms with E-state index in [1.807, 2.05) is 19.9 Å². The molecule has 0 radical (unpaired) electrons. The number of anilines is 1. The van der Waals surface area contributed by atoms with Gasteiger partial charge in [-0.3, -0.25) is 0 Å². The van der Waals surface area contributed by atoms with Gasteiger partial charge in [-0.1, -0.05) is 23.6 Å². The van der Waals surface area contributed by atoms with Crippen molar-refractivity contribution in [3.8, 4) is 11.5 Å². The molecular weight excluding hydrogens is 318 g/mol. The molecule has 1 aromatic carbocycles. The smallest absolute Gasteiger partial charge is 0.243 e. The average Bonchev–Trinajstić information content (AvgIpc) is 2.93. The van der Waals surface area contributed by atoms with Gasteiger partial charge in [0.2, 0.25) is 5.95 Å². The largest absolute Gasteiger partial charge is 0.493 e. The molecule has 8 heteroatoms. The molecule has 0 amide bonds. The summed E-state index contributed by atoms with van der Waals surface area (Å²) in [6.07, 6.45) is 0.998. The third kappa shape index (κ3) is 4.48. The van der Waals surface area contributed by atoms with Crippen molar-refractivity contribution in [3.05, 3.63) is 22.7 Å². The number of hydrogen-bond donors (Lipinski definition) is 1. The van der Waals surface area contributed by atoms with E-state index in [4.69, 9.17) is 21.1 Å². The van der Waals surface area contributed by atoms with Crippen LogP contribution in [0.2, 0.25) is 5.02 Å². The number of nitrogens with zero attached hydrogens (tertiary/aromatic N) is 4. The van der Waals surface area contributed by atoms with Crippen LogP contribution in [0.4, 0.5) is 5.95 Å². The summed E-state index contributed by atoms with van der Waals surface area (Å²) < 4.78 is 12.8. The van der Waals surface area contributed by atoms with Crippen LogP contribution in [0.25, 0.3) is 0 Å². The highest BCUT2D eigenvalue weighted by Crippen LogP contribution is 2.34. The fraction of sp³-hybridized carbons (Fsp3) is 0.533. The molecule has 0 atom stereocenters. The lowest BCUT2D eigenvalue weighted by Gasteiger charge is -2.16. The van der Waals surface area contributed by atoms with Crippen LogP contribution in [0, 0.1) is 0 Å². The summed E-state index contributed by atoms with van der Waals surface area (Å²) in [5.74, 6) is 1.89. The van der Waals surface area contributed by atoms with Gasteiger partial charge >= 0.3 is 0 Å². The lowest BCUT2D eigenvalue weighted by atomic mass is 10.2. The molecule has 0 fully saturated rings. The highest BCUT2D eigenvalue weighted by Gasteiger charge is 2.13. The van der Waals surface area contributed by atoms with Crippen LogP contribution in [0.5, 0.6) is 11.5 Å².